The molecule has 3 heterocycles. The third kappa shape index (κ3) is 4.84. The summed E-state index contributed by atoms with van der Waals surface area (Å²) in [6, 6.07) is 11.1. The number of nitrogens with zero attached hydrogens (tertiary/aromatic N) is 5. The Bertz CT molecular complexity index is 1500. The fourth-order valence-electron chi connectivity index (χ4n) is 4.44. The first kappa shape index (κ1) is 25.4. The van der Waals surface area contributed by atoms with Gasteiger partial charge in [-0.3, -0.25) is 0 Å². The lowest BCUT2D eigenvalue weighted by atomic mass is 10.0. The molecule has 1 aliphatic rings. The van der Waals surface area contributed by atoms with Gasteiger partial charge in [-0.15, -0.1) is 0 Å². The molecule has 2 aromatic heterocycles. The van der Waals surface area contributed by atoms with Gasteiger partial charge in [-0.25, -0.2) is 28.5 Å². The third-order valence-electron chi connectivity index (χ3n) is 6.30. The molecule has 0 saturated carbocycles. The zero-order chi connectivity index (χ0) is 26.8. The van der Waals surface area contributed by atoms with Gasteiger partial charge < -0.3 is 25.0 Å². The first-order valence-corrected chi connectivity index (χ1v) is 12.1. The number of hydrogen-bond acceptors (Lipinski definition) is 7. The number of anilines is 2. The van der Waals surface area contributed by atoms with Gasteiger partial charge in [-0.05, 0) is 30.3 Å². The van der Waals surface area contributed by atoms with Crippen LogP contribution >= 0.6 is 11.6 Å². The molecule has 38 heavy (non-hydrogen) atoms. The number of carbonyl (C=O) groups is 1. The molecule has 0 spiro atoms. The Kier molecular flexibility index (Phi) is 7.10. The highest BCUT2D eigenvalue weighted by Crippen LogP contribution is 2.42. The lowest BCUT2D eigenvalue weighted by molar-refractivity contribution is 0.142. The number of halogens is 3. The summed E-state index contributed by atoms with van der Waals surface area (Å²) in [7, 11) is 1.36. The number of nitrogens with one attached hydrogen (secondary N) is 1. The van der Waals surface area contributed by atoms with Crippen molar-refractivity contribution in [2.45, 2.75) is 6.54 Å². The average molecular weight is 541 g/mol. The van der Waals surface area contributed by atoms with E-state index in [1.54, 1.807) is 18.3 Å². The van der Waals surface area contributed by atoms with Crippen molar-refractivity contribution in [1.82, 2.24) is 19.9 Å². The van der Waals surface area contributed by atoms with Crippen molar-refractivity contribution in [2.24, 2.45) is 0 Å². The van der Waals surface area contributed by atoms with E-state index >= 15 is 4.39 Å². The zero-order valence-electron chi connectivity index (χ0n) is 20.3. The van der Waals surface area contributed by atoms with Gasteiger partial charge in [0, 0.05) is 43.3 Å². The van der Waals surface area contributed by atoms with Crippen LogP contribution < -0.4 is 15.0 Å². The molecular formula is C26H23ClF2N6O3. The van der Waals surface area contributed by atoms with Crippen molar-refractivity contribution >= 4 is 40.2 Å². The van der Waals surface area contributed by atoms with E-state index in [2.05, 4.69) is 20.3 Å². The molecule has 1 aliphatic heterocycles. The van der Waals surface area contributed by atoms with Crippen LogP contribution in [0.15, 0.2) is 48.7 Å². The summed E-state index contributed by atoms with van der Waals surface area (Å²) in [5.74, 6) is -0.122. The van der Waals surface area contributed by atoms with Crippen LogP contribution in [0.4, 0.5) is 25.2 Å². The zero-order valence-corrected chi connectivity index (χ0v) is 21.0. The topological polar surface area (TPSA) is 104 Å². The quantitative estimate of drug-likeness (QED) is 0.350. The van der Waals surface area contributed by atoms with E-state index in [9.17, 15) is 14.3 Å². The fraction of sp³-hybridized carbons (Fsp3) is 0.231. The average Bonchev–Trinajstić information content (AvgIpc) is 2.93. The number of pyridine rings is 1. The monoisotopic (exact) mass is 540 g/mol. The van der Waals surface area contributed by atoms with E-state index in [4.69, 9.17) is 16.3 Å². The summed E-state index contributed by atoms with van der Waals surface area (Å²) in [4.78, 5) is 27.9. The first-order chi connectivity index (χ1) is 18.4. The van der Waals surface area contributed by atoms with Crippen LogP contribution in [0.1, 0.15) is 5.82 Å². The fourth-order valence-corrected chi connectivity index (χ4v) is 4.72. The maximum absolute atomic E-state index is 16.2. The van der Waals surface area contributed by atoms with Crippen molar-refractivity contribution in [3.05, 3.63) is 71.1 Å². The van der Waals surface area contributed by atoms with Gasteiger partial charge in [0.15, 0.2) is 11.6 Å². The lowest BCUT2D eigenvalue weighted by Gasteiger charge is -2.34. The maximum Gasteiger partial charge on any atom is 0.407 e. The Balaban J connectivity index is 1.65. The van der Waals surface area contributed by atoms with Crippen molar-refractivity contribution in [3.63, 3.8) is 0 Å². The lowest BCUT2D eigenvalue weighted by Crippen LogP contribution is -2.48. The Morgan fingerprint density at radius 1 is 1.11 bits per heavy atom. The first-order valence-electron chi connectivity index (χ1n) is 11.8. The Morgan fingerprint density at radius 3 is 2.58 bits per heavy atom. The Labute approximate surface area is 221 Å². The molecule has 0 atom stereocenters. The molecule has 1 fully saturated rings. The summed E-state index contributed by atoms with van der Waals surface area (Å²) >= 11 is 6.56. The number of carboxylic acid groups (broad SMARTS) is 1. The molecule has 1 amide bonds. The SMILES string of the molecule is COc1cccc(F)c1-c1c(Cl)cc2c(N3CCN(C(=O)O)CC3)nc(CNc3ccccn3)nc2c1F. The highest BCUT2D eigenvalue weighted by molar-refractivity contribution is 6.34. The van der Waals surface area contributed by atoms with E-state index in [0.29, 0.717) is 30.1 Å². The number of piperazine rings is 1. The molecule has 0 unspecified atom stereocenters. The molecule has 2 aromatic carbocycles. The summed E-state index contributed by atoms with van der Waals surface area (Å²) in [5.41, 5.74) is -0.320. The minimum absolute atomic E-state index is 0.0354. The molecule has 9 nitrogen and oxygen atoms in total. The predicted molar refractivity (Wildman–Crippen MR) is 140 cm³/mol. The summed E-state index contributed by atoms with van der Waals surface area (Å²) in [6.07, 6.45) is 0.627. The number of ether oxygens (including phenoxy) is 1. The molecule has 2 N–H and O–H groups in total. The minimum atomic E-state index is -1.00. The summed E-state index contributed by atoms with van der Waals surface area (Å²) < 4.78 is 36.4. The molecule has 0 radical (unpaired) electrons. The number of rotatable bonds is 6. The van der Waals surface area contributed by atoms with E-state index in [0.717, 1.165) is 0 Å². The number of benzene rings is 2. The van der Waals surface area contributed by atoms with Gasteiger partial charge in [0.25, 0.3) is 0 Å². The molecule has 196 valence electrons. The second-order valence-electron chi connectivity index (χ2n) is 8.55. The number of amides is 1. The largest absolute Gasteiger partial charge is 0.496 e. The number of methoxy groups -OCH3 is 1. The minimum Gasteiger partial charge on any atom is -0.496 e. The molecule has 0 aliphatic carbocycles. The number of fused-ring (bicyclic) bond motifs is 1. The van der Waals surface area contributed by atoms with Gasteiger partial charge in [0.2, 0.25) is 0 Å². The second-order valence-corrected chi connectivity index (χ2v) is 8.96. The normalized spacial score (nSPS) is 13.6. The van der Waals surface area contributed by atoms with E-state index in [-0.39, 0.29) is 52.9 Å². The summed E-state index contributed by atoms with van der Waals surface area (Å²) in [5, 5.41) is 12.7. The van der Waals surface area contributed by atoms with E-state index in [1.807, 2.05) is 11.0 Å². The van der Waals surface area contributed by atoms with Crippen molar-refractivity contribution in [1.29, 1.82) is 0 Å². The van der Waals surface area contributed by atoms with Crippen LogP contribution in [0.5, 0.6) is 5.75 Å². The standard InChI is InChI=1S/C26H23ClF2N6O3/c1-38-18-6-4-5-17(28)22(18)21-16(27)13-15-24(23(21)29)32-20(14-31-19-7-2-3-8-30-19)33-25(15)34-9-11-35(12-10-34)26(36)37/h2-8,13H,9-12,14H2,1H3,(H,30,31)(H,36,37). The highest BCUT2D eigenvalue weighted by Gasteiger charge is 2.27. The van der Waals surface area contributed by atoms with Gasteiger partial charge in [0.1, 0.15) is 28.7 Å². The van der Waals surface area contributed by atoms with Crippen LogP contribution in [0.2, 0.25) is 5.02 Å². The molecular weight excluding hydrogens is 518 g/mol. The molecule has 4 aromatic rings. The van der Waals surface area contributed by atoms with Gasteiger partial charge in [-0.2, -0.15) is 0 Å². The van der Waals surface area contributed by atoms with E-state index < -0.39 is 17.7 Å². The third-order valence-corrected chi connectivity index (χ3v) is 6.59. The summed E-state index contributed by atoms with van der Waals surface area (Å²) in [6.45, 7) is 1.32. The number of aromatic nitrogens is 3. The van der Waals surface area contributed by atoms with Crippen molar-refractivity contribution < 1.29 is 23.4 Å². The van der Waals surface area contributed by atoms with Crippen LogP contribution in [-0.2, 0) is 6.54 Å². The smallest absolute Gasteiger partial charge is 0.407 e. The maximum atomic E-state index is 16.2. The Hall–Kier alpha value is -4.25. The molecule has 1 saturated heterocycles. The van der Waals surface area contributed by atoms with Gasteiger partial charge in [0.05, 0.1) is 24.2 Å². The van der Waals surface area contributed by atoms with Gasteiger partial charge in [-0.1, -0.05) is 23.7 Å². The van der Waals surface area contributed by atoms with Crippen LogP contribution in [-0.4, -0.2) is 64.3 Å². The van der Waals surface area contributed by atoms with Crippen LogP contribution in [0.3, 0.4) is 0 Å². The molecule has 12 heteroatoms. The molecule has 5 rings (SSSR count). The van der Waals surface area contributed by atoms with Crippen LogP contribution in [0, 0.1) is 11.6 Å². The Morgan fingerprint density at radius 2 is 1.89 bits per heavy atom. The highest BCUT2D eigenvalue weighted by atomic mass is 35.5. The second kappa shape index (κ2) is 10.6. The van der Waals surface area contributed by atoms with Crippen molar-refractivity contribution in [2.75, 3.05) is 43.5 Å². The number of hydrogen-bond donors (Lipinski definition) is 2. The molecule has 0 bridgehead atoms. The van der Waals surface area contributed by atoms with Gasteiger partial charge >= 0.3 is 6.09 Å². The predicted octanol–water partition coefficient (Wildman–Crippen LogP) is 5.04. The van der Waals surface area contributed by atoms with E-state index in [1.165, 1.54) is 36.3 Å². The van der Waals surface area contributed by atoms with Crippen molar-refractivity contribution in [3.8, 4) is 16.9 Å². The van der Waals surface area contributed by atoms with Crippen LogP contribution in [0.25, 0.3) is 22.0 Å².